The number of piperazine rings is 1. The van der Waals surface area contributed by atoms with Crippen molar-refractivity contribution in [2.75, 3.05) is 31.1 Å². The molecule has 1 fully saturated rings. The molecule has 4 heterocycles. The Labute approximate surface area is 191 Å². The Morgan fingerprint density at radius 3 is 2.33 bits per heavy atom. The van der Waals surface area contributed by atoms with E-state index < -0.39 is 0 Å². The maximum absolute atomic E-state index is 13.0. The van der Waals surface area contributed by atoms with E-state index in [1.54, 1.807) is 0 Å². The molecule has 1 amide bonds. The van der Waals surface area contributed by atoms with E-state index in [0.717, 1.165) is 11.3 Å². The summed E-state index contributed by atoms with van der Waals surface area (Å²) in [6, 6.07) is 11.7. The lowest BCUT2D eigenvalue weighted by Crippen LogP contribution is -2.48. The molecule has 33 heavy (non-hydrogen) atoms. The Morgan fingerprint density at radius 2 is 1.67 bits per heavy atom. The van der Waals surface area contributed by atoms with Gasteiger partial charge in [0.25, 0.3) is 11.9 Å². The number of hydrogen-bond acceptors (Lipinski definition) is 8. The lowest BCUT2D eigenvalue weighted by Gasteiger charge is -2.33. The molecule has 9 nitrogen and oxygen atoms in total. The summed E-state index contributed by atoms with van der Waals surface area (Å²) in [6.45, 7) is 10.5. The molecule has 170 valence electrons. The molecule has 0 saturated carbocycles. The normalized spacial score (nSPS) is 14.8. The molecule has 0 aliphatic carbocycles. The highest BCUT2D eigenvalue weighted by Gasteiger charge is 2.26. The number of amides is 1. The van der Waals surface area contributed by atoms with Crippen LogP contribution in [0, 0.1) is 6.92 Å². The first-order chi connectivity index (χ1) is 15.8. The molecule has 4 aromatic rings. The van der Waals surface area contributed by atoms with Crippen molar-refractivity contribution in [3.8, 4) is 11.4 Å². The fourth-order valence-electron chi connectivity index (χ4n) is 3.73. The van der Waals surface area contributed by atoms with Crippen molar-refractivity contribution in [2.24, 2.45) is 0 Å². The smallest absolute Gasteiger partial charge is 0.300 e. The van der Waals surface area contributed by atoms with E-state index in [4.69, 9.17) is 8.94 Å². The summed E-state index contributed by atoms with van der Waals surface area (Å²) in [7, 11) is 0. The molecule has 9 heteroatoms. The third-order valence-corrected chi connectivity index (χ3v) is 5.68. The lowest BCUT2D eigenvalue weighted by atomic mass is 9.97. The van der Waals surface area contributed by atoms with Crippen LogP contribution in [0.1, 0.15) is 42.7 Å². The summed E-state index contributed by atoms with van der Waals surface area (Å²) in [5, 5.41) is 4.07. The number of rotatable bonds is 3. The zero-order chi connectivity index (χ0) is 23.2. The molecule has 0 bridgehead atoms. The Kier molecular flexibility index (Phi) is 5.11. The number of carbonyl (C=O) groups excluding carboxylic acids is 1. The highest BCUT2D eigenvalue weighted by molar-refractivity contribution is 5.94. The fourth-order valence-corrected chi connectivity index (χ4v) is 3.73. The van der Waals surface area contributed by atoms with Gasteiger partial charge >= 0.3 is 0 Å². The van der Waals surface area contributed by atoms with E-state index in [1.807, 2.05) is 73.9 Å². The van der Waals surface area contributed by atoms with Crippen LogP contribution >= 0.6 is 0 Å². The highest BCUT2D eigenvalue weighted by Crippen LogP contribution is 2.25. The predicted octanol–water partition coefficient (Wildman–Crippen LogP) is 3.84. The van der Waals surface area contributed by atoms with Gasteiger partial charge in [-0.15, -0.1) is 0 Å². The van der Waals surface area contributed by atoms with Crippen LogP contribution in [0.5, 0.6) is 0 Å². The van der Waals surface area contributed by atoms with E-state index in [0.29, 0.717) is 60.7 Å². The van der Waals surface area contributed by atoms with E-state index in [-0.39, 0.29) is 11.3 Å². The van der Waals surface area contributed by atoms with Crippen LogP contribution in [-0.4, -0.2) is 57.1 Å². The Hall–Kier alpha value is -3.75. The molecular formula is C24H26N6O3. The van der Waals surface area contributed by atoms with Crippen LogP contribution in [0.4, 0.5) is 6.01 Å². The molecule has 0 spiro atoms. The second kappa shape index (κ2) is 7.99. The van der Waals surface area contributed by atoms with Gasteiger partial charge in [0.1, 0.15) is 0 Å². The standard InChI is InChI=1S/C24H26N6O3/c1-15-5-10-18-20(25-15)27-23(32-18)30-13-11-29(12-14-30)21(31)17-8-6-16(7-9-17)19-26-22(33-28-19)24(2,3)4/h5-10H,11-14H2,1-4H3. The van der Waals surface area contributed by atoms with Crippen molar-refractivity contribution in [3.63, 3.8) is 0 Å². The SMILES string of the molecule is Cc1ccc2oc(N3CCN(C(=O)c4ccc(-c5noc(C(C)(C)C)n5)cc4)CC3)nc2n1. The van der Waals surface area contributed by atoms with Gasteiger partial charge in [-0.1, -0.05) is 38.1 Å². The van der Waals surface area contributed by atoms with Crippen LogP contribution in [0.25, 0.3) is 22.6 Å². The van der Waals surface area contributed by atoms with E-state index in [9.17, 15) is 4.79 Å². The molecule has 0 unspecified atom stereocenters. The summed E-state index contributed by atoms with van der Waals surface area (Å²) in [4.78, 5) is 30.3. The van der Waals surface area contributed by atoms with E-state index in [1.165, 1.54) is 0 Å². The van der Waals surface area contributed by atoms with Gasteiger partial charge in [-0.25, -0.2) is 4.98 Å². The quantitative estimate of drug-likeness (QED) is 0.468. The van der Waals surface area contributed by atoms with Gasteiger partial charge in [-0.05, 0) is 31.2 Å². The van der Waals surface area contributed by atoms with Gasteiger partial charge in [0.15, 0.2) is 5.58 Å². The van der Waals surface area contributed by atoms with Gasteiger partial charge in [0.05, 0.1) is 0 Å². The summed E-state index contributed by atoms with van der Waals surface area (Å²) in [5.74, 6) is 1.11. The molecule has 0 atom stereocenters. The fraction of sp³-hybridized carbons (Fsp3) is 0.375. The highest BCUT2D eigenvalue weighted by atomic mass is 16.5. The largest absolute Gasteiger partial charge is 0.422 e. The number of benzene rings is 1. The Morgan fingerprint density at radius 1 is 0.939 bits per heavy atom. The van der Waals surface area contributed by atoms with Crippen molar-refractivity contribution in [1.82, 2.24) is 25.0 Å². The summed E-state index contributed by atoms with van der Waals surface area (Å²) in [6.07, 6.45) is 0. The number of aromatic nitrogens is 4. The van der Waals surface area contributed by atoms with Crippen LogP contribution in [-0.2, 0) is 5.41 Å². The van der Waals surface area contributed by atoms with Crippen molar-refractivity contribution in [2.45, 2.75) is 33.1 Å². The van der Waals surface area contributed by atoms with Crippen LogP contribution in [0.2, 0.25) is 0 Å². The van der Waals surface area contributed by atoms with Gasteiger partial charge in [0, 0.05) is 48.4 Å². The van der Waals surface area contributed by atoms with Crippen molar-refractivity contribution < 1.29 is 13.7 Å². The molecule has 1 saturated heterocycles. The second-order valence-corrected chi connectivity index (χ2v) is 9.30. The molecule has 0 N–H and O–H groups in total. The molecule has 1 aromatic carbocycles. The monoisotopic (exact) mass is 446 g/mol. The Balaban J connectivity index is 1.23. The van der Waals surface area contributed by atoms with Gasteiger partial charge in [-0.2, -0.15) is 9.97 Å². The number of pyridine rings is 1. The summed E-state index contributed by atoms with van der Waals surface area (Å²) >= 11 is 0. The van der Waals surface area contributed by atoms with Crippen molar-refractivity contribution in [3.05, 3.63) is 53.5 Å². The number of nitrogens with zero attached hydrogens (tertiary/aromatic N) is 6. The third-order valence-electron chi connectivity index (χ3n) is 5.68. The van der Waals surface area contributed by atoms with E-state index in [2.05, 4.69) is 20.1 Å². The summed E-state index contributed by atoms with van der Waals surface area (Å²) in [5.41, 5.74) is 3.42. The zero-order valence-electron chi connectivity index (χ0n) is 19.2. The minimum Gasteiger partial charge on any atom is -0.422 e. The minimum atomic E-state index is -0.212. The zero-order valence-corrected chi connectivity index (χ0v) is 19.2. The van der Waals surface area contributed by atoms with Gasteiger partial charge in [-0.3, -0.25) is 4.79 Å². The second-order valence-electron chi connectivity index (χ2n) is 9.30. The molecular weight excluding hydrogens is 420 g/mol. The van der Waals surface area contributed by atoms with Crippen LogP contribution < -0.4 is 4.90 Å². The number of fused-ring (bicyclic) bond motifs is 1. The predicted molar refractivity (Wildman–Crippen MR) is 123 cm³/mol. The first-order valence-electron chi connectivity index (χ1n) is 11.0. The number of oxazole rings is 1. The molecule has 3 aromatic heterocycles. The van der Waals surface area contributed by atoms with Crippen molar-refractivity contribution >= 4 is 23.2 Å². The van der Waals surface area contributed by atoms with Crippen molar-refractivity contribution in [1.29, 1.82) is 0 Å². The average molecular weight is 447 g/mol. The molecule has 5 rings (SSSR count). The molecule has 1 aliphatic heterocycles. The third kappa shape index (κ3) is 4.18. The number of carbonyl (C=O) groups is 1. The van der Waals surface area contributed by atoms with Crippen LogP contribution in [0.15, 0.2) is 45.3 Å². The number of aryl methyl sites for hydroxylation is 1. The lowest BCUT2D eigenvalue weighted by molar-refractivity contribution is 0.0745. The Bertz CT molecular complexity index is 1290. The van der Waals surface area contributed by atoms with Gasteiger partial charge in [0.2, 0.25) is 17.4 Å². The topological polar surface area (TPSA) is 101 Å². The maximum Gasteiger partial charge on any atom is 0.300 e. The average Bonchev–Trinajstić information content (AvgIpc) is 3.46. The molecule has 1 aliphatic rings. The number of hydrogen-bond donors (Lipinski definition) is 0. The minimum absolute atomic E-state index is 0.000417. The van der Waals surface area contributed by atoms with Gasteiger partial charge < -0.3 is 18.7 Å². The van der Waals surface area contributed by atoms with Crippen LogP contribution in [0.3, 0.4) is 0 Å². The number of anilines is 1. The maximum atomic E-state index is 13.0. The first-order valence-corrected chi connectivity index (χ1v) is 11.0. The van der Waals surface area contributed by atoms with E-state index >= 15 is 0 Å². The summed E-state index contributed by atoms with van der Waals surface area (Å²) < 4.78 is 11.2. The molecule has 0 radical (unpaired) electrons. The first kappa shape index (κ1) is 21.1.